The molecule has 0 atom stereocenters. The summed E-state index contributed by atoms with van der Waals surface area (Å²) in [6.45, 7) is 0.535. The monoisotopic (exact) mass is 515 g/mol. The van der Waals surface area contributed by atoms with Crippen LogP contribution in [0.1, 0.15) is 27.0 Å². The average molecular weight is 516 g/mol. The Bertz CT molecular complexity index is 1120. The molecule has 1 amide bonds. The van der Waals surface area contributed by atoms with Gasteiger partial charge in [-0.15, -0.1) is 0 Å². The molecule has 0 bridgehead atoms. The first kappa shape index (κ1) is 27.3. The fourth-order valence-corrected chi connectivity index (χ4v) is 3.67. The van der Waals surface area contributed by atoms with Gasteiger partial charge in [0.25, 0.3) is 5.91 Å². The molecule has 9 heteroatoms. The Morgan fingerprint density at radius 1 is 0.833 bits per heavy atom. The zero-order valence-corrected chi connectivity index (χ0v) is 21.3. The summed E-state index contributed by atoms with van der Waals surface area (Å²) in [5, 5.41) is 3.16. The number of carbonyl (C=O) groups excluding carboxylic acids is 1. The van der Waals surface area contributed by atoms with Gasteiger partial charge in [-0.2, -0.15) is 0 Å². The van der Waals surface area contributed by atoms with E-state index >= 15 is 0 Å². The van der Waals surface area contributed by atoms with Gasteiger partial charge in [0.2, 0.25) is 0 Å². The maximum absolute atomic E-state index is 13.4. The third-order valence-corrected chi connectivity index (χ3v) is 5.54. The van der Waals surface area contributed by atoms with Crippen LogP contribution in [0, 0.1) is 0 Å². The maximum atomic E-state index is 13.4. The molecule has 0 heterocycles. The van der Waals surface area contributed by atoms with Gasteiger partial charge in [-0.1, -0.05) is 54.1 Å². The largest absolute Gasteiger partial charge is 0.497 e. The van der Waals surface area contributed by atoms with E-state index in [4.69, 9.17) is 40.0 Å². The van der Waals surface area contributed by atoms with E-state index in [2.05, 4.69) is 5.32 Å². The number of amides is 1. The van der Waals surface area contributed by atoms with Gasteiger partial charge in [0, 0.05) is 32.4 Å². The van der Waals surface area contributed by atoms with E-state index in [0.717, 1.165) is 11.1 Å². The van der Waals surface area contributed by atoms with Crippen molar-refractivity contribution in [3.63, 3.8) is 0 Å². The van der Waals surface area contributed by atoms with Crippen LogP contribution >= 0.6 is 11.6 Å². The van der Waals surface area contributed by atoms with Gasteiger partial charge in [-0.3, -0.25) is 4.79 Å². The van der Waals surface area contributed by atoms with E-state index in [1.165, 1.54) is 14.2 Å². The molecule has 0 unspecified atom stereocenters. The van der Waals surface area contributed by atoms with Crippen molar-refractivity contribution in [1.82, 2.24) is 5.32 Å². The van der Waals surface area contributed by atoms with Gasteiger partial charge < -0.3 is 33.7 Å². The van der Waals surface area contributed by atoms with Crippen LogP contribution in [0.25, 0.3) is 0 Å². The van der Waals surface area contributed by atoms with Crippen molar-refractivity contribution < 1.29 is 33.2 Å². The molecule has 3 aromatic carbocycles. The summed E-state index contributed by atoms with van der Waals surface area (Å²) in [7, 11) is 4.58. The molecule has 0 fully saturated rings. The molecule has 0 spiro atoms. The zero-order valence-electron chi connectivity index (χ0n) is 20.5. The van der Waals surface area contributed by atoms with Crippen molar-refractivity contribution in [2.45, 2.75) is 19.8 Å². The molecule has 0 aromatic heterocycles. The Morgan fingerprint density at radius 3 is 2.22 bits per heavy atom. The molecule has 3 rings (SSSR count). The highest BCUT2D eigenvalue weighted by atomic mass is 35.5. The van der Waals surface area contributed by atoms with Crippen LogP contribution in [0.3, 0.4) is 0 Å². The van der Waals surface area contributed by atoms with Crippen molar-refractivity contribution in [2.75, 3.05) is 34.9 Å². The lowest BCUT2D eigenvalue weighted by molar-refractivity contribution is 0.0447. The number of hydrogen-bond acceptors (Lipinski definition) is 7. The van der Waals surface area contributed by atoms with Gasteiger partial charge in [0.15, 0.2) is 13.6 Å². The van der Waals surface area contributed by atoms with Crippen LogP contribution in [0.2, 0.25) is 5.02 Å². The fraction of sp³-hybridized carbons (Fsp3) is 0.296. The number of carbonyl (C=O) groups is 1. The Morgan fingerprint density at radius 2 is 1.53 bits per heavy atom. The van der Waals surface area contributed by atoms with Crippen LogP contribution in [0.5, 0.6) is 17.2 Å². The summed E-state index contributed by atoms with van der Waals surface area (Å²) in [6.07, 6.45) is 0. The number of nitrogens with one attached hydrogen (secondary N) is 1. The Kier molecular flexibility index (Phi) is 10.8. The second kappa shape index (κ2) is 14.3. The minimum atomic E-state index is -0.387. The quantitative estimate of drug-likeness (QED) is 0.304. The van der Waals surface area contributed by atoms with Gasteiger partial charge >= 0.3 is 0 Å². The fourth-order valence-electron chi connectivity index (χ4n) is 3.41. The SMILES string of the molecule is COCOc1cc(OCOC)c(C(=O)NCc2cccc(OC)c2)c(COCc2ccccc2)c1Cl. The number of halogens is 1. The van der Waals surface area contributed by atoms with Crippen LogP contribution in [-0.2, 0) is 34.0 Å². The van der Waals surface area contributed by atoms with Gasteiger partial charge in [-0.25, -0.2) is 0 Å². The zero-order chi connectivity index (χ0) is 25.8. The Balaban J connectivity index is 1.91. The molecule has 1 N–H and O–H groups in total. The second-order valence-electron chi connectivity index (χ2n) is 7.65. The molecule has 192 valence electrons. The molecule has 0 aliphatic rings. The van der Waals surface area contributed by atoms with E-state index in [-0.39, 0.29) is 49.0 Å². The Labute approximate surface area is 216 Å². The lowest BCUT2D eigenvalue weighted by Crippen LogP contribution is -2.25. The first-order chi connectivity index (χ1) is 17.6. The van der Waals surface area contributed by atoms with Gasteiger partial charge in [-0.05, 0) is 23.3 Å². The van der Waals surface area contributed by atoms with Crippen LogP contribution in [0.4, 0.5) is 0 Å². The normalized spacial score (nSPS) is 10.7. The first-order valence-electron chi connectivity index (χ1n) is 11.2. The van der Waals surface area contributed by atoms with Gasteiger partial charge in [0.1, 0.15) is 17.2 Å². The molecule has 0 saturated heterocycles. The highest BCUT2D eigenvalue weighted by Crippen LogP contribution is 2.38. The molecule has 3 aromatic rings. The average Bonchev–Trinajstić information content (AvgIpc) is 2.91. The molecule has 36 heavy (non-hydrogen) atoms. The number of hydrogen-bond donors (Lipinski definition) is 1. The van der Waals surface area contributed by atoms with E-state index in [1.54, 1.807) is 13.2 Å². The number of benzene rings is 3. The smallest absolute Gasteiger partial charge is 0.255 e. The summed E-state index contributed by atoms with van der Waals surface area (Å²) in [4.78, 5) is 13.4. The Hall–Kier alpha value is -3.30. The maximum Gasteiger partial charge on any atom is 0.255 e. The van der Waals surface area contributed by atoms with E-state index in [1.807, 2.05) is 54.6 Å². The molecule has 0 saturated carbocycles. The highest BCUT2D eigenvalue weighted by molar-refractivity contribution is 6.33. The number of rotatable bonds is 14. The summed E-state index contributed by atoms with van der Waals surface area (Å²) >= 11 is 6.69. The molecule has 0 radical (unpaired) electrons. The van der Waals surface area contributed by atoms with Crippen LogP contribution in [0.15, 0.2) is 60.7 Å². The summed E-state index contributed by atoms with van der Waals surface area (Å²) in [5.74, 6) is 0.854. The lowest BCUT2D eigenvalue weighted by atomic mass is 10.0. The van der Waals surface area contributed by atoms with E-state index in [0.29, 0.717) is 23.7 Å². The summed E-state index contributed by atoms with van der Waals surface area (Å²) in [6, 6.07) is 18.7. The van der Waals surface area contributed by atoms with Crippen molar-refractivity contribution in [1.29, 1.82) is 0 Å². The van der Waals surface area contributed by atoms with E-state index < -0.39 is 0 Å². The molecular formula is C27H30ClNO7. The van der Waals surface area contributed by atoms with Crippen LogP contribution < -0.4 is 19.5 Å². The lowest BCUT2D eigenvalue weighted by Gasteiger charge is -2.20. The van der Waals surface area contributed by atoms with Crippen LogP contribution in [-0.4, -0.2) is 40.8 Å². The second-order valence-corrected chi connectivity index (χ2v) is 8.03. The molecule has 8 nitrogen and oxygen atoms in total. The van der Waals surface area contributed by atoms with Gasteiger partial charge in [0.05, 0.1) is 30.9 Å². The third kappa shape index (κ3) is 7.60. The molecule has 0 aliphatic carbocycles. The predicted molar refractivity (Wildman–Crippen MR) is 136 cm³/mol. The predicted octanol–water partition coefficient (Wildman–Crippen LogP) is 4.96. The summed E-state index contributed by atoms with van der Waals surface area (Å²) in [5.41, 5.74) is 2.52. The van der Waals surface area contributed by atoms with Crippen molar-refractivity contribution in [2.24, 2.45) is 0 Å². The van der Waals surface area contributed by atoms with Crippen molar-refractivity contribution in [3.8, 4) is 17.2 Å². The topological polar surface area (TPSA) is 84.5 Å². The third-order valence-electron chi connectivity index (χ3n) is 5.13. The van der Waals surface area contributed by atoms with Crippen molar-refractivity contribution in [3.05, 3.63) is 87.9 Å². The minimum absolute atomic E-state index is 0.0326. The number of methoxy groups -OCH3 is 3. The van der Waals surface area contributed by atoms with Crippen molar-refractivity contribution >= 4 is 17.5 Å². The standard InChI is InChI=1S/C27H30ClNO7/c1-31-17-35-23-13-24(36-18-32-2)26(28)22(16-34-15-19-8-5-4-6-9-19)25(23)27(30)29-14-20-10-7-11-21(12-20)33-3/h4-13H,14-18H2,1-3H3,(H,29,30). The minimum Gasteiger partial charge on any atom is -0.497 e. The van der Waals surface area contributed by atoms with E-state index in [9.17, 15) is 4.79 Å². The molecular weight excluding hydrogens is 486 g/mol. The highest BCUT2D eigenvalue weighted by Gasteiger charge is 2.25. The summed E-state index contributed by atoms with van der Waals surface area (Å²) < 4.78 is 32.7. The number of ether oxygens (including phenoxy) is 6. The molecule has 0 aliphatic heterocycles. The first-order valence-corrected chi connectivity index (χ1v) is 11.6.